The van der Waals surface area contributed by atoms with Crippen LogP contribution in [0, 0.1) is 18.2 Å². The molecule has 0 amide bonds. The topological polar surface area (TPSA) is 26.0 Å². The van der Waals surface area contributed by atoms with Gasteiger partial charge in [-0.25, -0.2) is 4.39 Å². The number of hydrogen-bond donors (Lipinski definition) is 1. The standard InChI is InChI=1S/C10H8FN/c1-2-10(12)7-8-4-3-5-9(11)6-8/h1,3-7H,12H2/b10-7+. The van der Waals surface area contributed by atoms with Gasteiger partial charge in [0.15, 0.2) is 0 Å². The Morgan fingerprint density at radius 3 is 2.92 bits per heavy atom. The minimum Gasteiger partial charge on any atom is -0.392 e. The lowest BCUT2D eigenvalue weighted by atomic mass is 10.2. The monoisotopic (exact) mass is 161 g/mol. The van der Waals surface area contributed by atoms with E-state index < -0.39 is 0 Å². The molecule has 0 heterocycles. The molecule has 0 atom stereocenters. The third-order valence-electron chi connectivity index (χ3n) is 1.34. The first-order valence-electron chi connectivity index (χ1n) is 3.42. The van der Waals surface area contributed by atoms with E-state index in [1.54, 1.807) is 18.2 Å². The van der Waals surface area contributed by atoms with Crippen LogP contribution in [0.5, 0.6) is 0 Å². The average Bonchev–Trinajstić information content (AvgIpc) is 2.04. The summed E-state index contributed by atoms with van der Waals surface area (Å²) in [6, 6.07) is 6.06. The van der Waals surface area contributed by atoms with Crippen molar-refractivity contribution in [2.75, 3.05) is 0 Å². The molecule has 0 aliphatic carbocycles. The highest BCUT2D eigenvalue weighted by Crippen LogP contribution is 2.06. The van der Waals surface area contributed by atoms with Crippen molar-refractivity contribution in [3.63, 3.8) is 0 Å². The number of rotatable bonds is 1. The van der Waals surface area contributed by atoms with E-state index in [2.05, 4.69) is 5.92 Å². The van der Waals surface area contributed by atoms with Crippen LogP contribution in [-0.4, -0.2) is 0 Å². The van der Waals surface area contributed by atoms with Gasteiger partial charge >= 0.3 is 0 Å². The van der Waals surface area contributed by atoms with Crippen LogP contribution in [0.25, 0.3) is 6.08 Å². The van der Waals surface area contributed by atoms with E-state index in [1.807, 2.05) is 0 Å². The van der Waals surface area contributed by atoms with Crippen LogP contribution < -0.4 is 5.73 Å². The molecule has 0 bridgehead atoms. The third kappa shape index (κ3) is 2.14. The fourth-order valence-electron chi connectivity index (χ4n) is 0.818. The van der Waals surface area contributed by atoms with Gasteiger partial charge in [0.25, 0.3) is 0 Å². The summed E-state index contributed by atoms with van der Waals surface area (Å²) < 4.78 is 12.6. The van der Waals surface area contributed by atoms with Crippen LogP contribution in [0.2, 0.25) is 0 Å². The van der Waals surface area contributed by atoms with Crippen LogP contribution in [-0.2, 0) is 0 Å². The second kappa shape index (κ2) is 3.59. The van der Waals surface area contributed by atoms with E-state index in [0.717, 1.165) is 0 Å². The molecule has 0 saturated heterocycles. The molecule has 1 aromatic rings. The van der Waals surface area contributed by atoms with Crippen molar-refractivity contribution in [3.05, 3.63) is 41.3 Å². The lowest BCUT2D eigenvalue weighted by Crippen LogP contribution is -1.92. The summed E-state index contributed by atoms with van der Waals surface area (Å²) >= 11 is 0. The summed E-state index contributed by atoms with van der Waals surface area (Å²) in [5, 5.41) is 0. The average molecular weight is 161 g/mol. The fraction of sp³-hybridized carbons (Fsp3) is 0. The minimum absolute atomic E-state index is 0.292. The predicted octanol–water partition coefficient (Wildman–Crippen LogP) is 1.76. The first kappa shape index (κ1) is 8.35. The summed E-state index contributed by atoms with van der Waals surface area (Å²) in [5.74, 6) is 1.95. The third-order valence-corrected chi connectivity index (χ3v) is 1.34. The fourth-order valence-corrected chi connectivity index (χ4v) is 0.818. The van der Waals surface area contributed by atoms with E-state index >= 15 is 0 Å². The zero-order valence-corrected chi connectivity index (χ0v) is 6.42. The Balaban J connectivity index is 2.99. The highest BCUT2D eigenvalue weighted by molar-refractivity contribution is 5.56. The van der Waals surface area contributed by atoms with Crippen LogP contribution >= 0.6 is 0 Å². The maximum atomic E-state index is 12.6. The number of benzene rings is 1. The molecular formula is C10H8FN. The largest absolute Gasteiger partial charge is 0.392 e. The Bertz CT molecular complexity index is 347. The zero-order valence-electron chi connectivity index (χ0n) is 6.42. The Morgan fingerprint density at radius 1 is 1.58 bits per heavy atom. The summed E-state index contributed by atoms with van der Waals surface area (Å²) in [6.07, 6.45) is 6.57. The van der Waals surface area contributed by atoms with Gasteiger partial charge in [-0.05, 0) is 23.8 Å². The van der Waals surface area contributed by atoms with Crippen molar-refractivity contribution < 1.29 is 4.39 Å². The lowest BCUT2D eigenvalue weighted by molar-refractivity contribution is 0.627. The van der Waals surface area contributed by atoms with Gasteiger partial charge in [0.1, 0.15) is 5.82 Å². The maximum absolute atomic E-state index is 12.6. The van der Waals surface area contributed by atoms with E-state index in [4.69, 9.17) is 12.2 Å². The Kier molecular flexibility index (Phi) is 2.49. The van der Waals surface area contributed by atoms with Gasteiger partial charge in [0.2, 0.25) is 0 Å². The minimum atomic E-state index is -0.298. The van der Waals surface area contributed by atoms with Gasteiger partial charge in [0, 0.05) is 0 Å². The van der Waals surface area contributed by atoms with Gasteiger partial charge in [-0.3, -0.25) is 0 Å². The van der Waals surface area contributed by atoms with Gasteiger partial charge in [-0.2, -0.15) is 0 Å². The van der Waals surface area contributed by atoms with Crippen LogP contribution in [0.15, 0.2) is 30.0 Å². The second-order valence-electron chi connectivity index (χ2n) is 2.30. The molecule has 0 aromatic heterocycles. The molecule has 60 valence electrons. The van der Waals surface area contributed by atoms with Crippen molar-refractivity contribution in [1.82, 2.24) is 0 Å². The molecule has 2 heteroatoms. The van der Waals surface area contributed by atoms with Gasteiger partial charge in [-0.1, -0.05) is 18.1 Å². The highest BCUT2D eigenvalue weighted by Gasteiger charge is 1.91. The quantitative estimate of drug-likeness (QED) is 0.624. The molecule has 12 heavy (non-hydrogen) atoms. The first-order chi connectivity index (χ1) is 5.72. The van der Waals surface area contributed by atoms with Crippen molar-refractivity contribution in [3.8, 4) is 12.3 Å². The van der Waals surface area contributed by atoms with Gasteiger partial charge in [-0.15, -0.1) is 6.42 Å². The molecule has 1 nitrogen and oxygen atoms in total. The maximum Gasteiger partial charge on any atom is 0.123 e. The number of terminal acetylenes is 1. The van der Waals surface area contributed by atoms with E-state index in [-0.39, 0.29) is 5.82 Å². The van der Waals surface area contributed by atoms with Crippen LogP contribution in [0.1, 0.15) is 5.56 Å². The predicted molar refractivity (Wildman–Crippen MR) is 47.4 cm³/mol. The molecule has 0 aliphatic heterocycles. The van der Waals surface area contributed by atoms with Crippen LogP contribution in [0.4, 0.5) is 4.39 Å². The molecule has 1 rings (SSSR count). The Morgan fingerprint density at radius 2 is 2.33 bits per heavy atom. The van der Waals surface area contributed by atoms with Crippen molar-refractivity contribution in [2.24, 2.45) is 5.73 Å². The molecule has 0 aliphatic rings. The van der Waals surface area contributed by atoms with Crippen LogP contribution in [0.3, 0.4) is 0 Å². The SMILES string of the molecule is C#C/C(N)=C\c1cccc(F)c1. The van der Waals surface area contributed by atoms with Crippen molar-refractivity contribution in [2.45, 2.75) is 0 Å². The summed E-state index contributed by atoms with van der Waals surface area (Å²) in [6.45, 7) is 0. The Labute approximate surface area is 70.7 Å². The number of halogens is 1. The summed E-state index contributed by atoms with van der Waals surface area (Å²) in [5.41, 5.74) is 6.32. The smallest absolute Gasteiger partial charge is 0.123 e. The summed E-state index contributed by atoms with van der Waals surface area (Å²) in [4.78, 5) is 0. The number of hydrogen-bond acceptors (Lipinski definition) is 1. The molecule has 0 radical (unpaired) electrons. The van der Waals surface area contributed by atoms with E-state index in [1.165, 1.54) is 12.1 Å². The highest BCUT2D eigenvalue weighted by atomic mass is 19.1. The molecule has 0 fully saturated rings. The number of nitrogens with two attached hydrogens (primary N) is 1. The van der Waals surface area contributed by atoms with Crippen molar-refractivity contribution >= 4 is 6.08 Å². The van der Waals surface area contributed by atoms with Gasteiger partial charge < -0.3 is 5.73 Å². The molecule has 0 spiro atoms. The van der Waals surface area contributed by atoms with Gasteiger partial charge in [0.05, 0.1) is 5.70 Å². The van der Waals surface area contributed by atoms with E-state index in [0.29, 0.717) is 11.3 Å². The molecule has 0 saturated carbocycles. The zero-order chi connectivity index (χ0) is 8.97. The normalized spacial score (nSPS) is 10.8. The first-order valence-corrected chi connectivity index (χ1v) is 3.42. The second-order valence-corrected chi connectivity index (χ2v) is 2.30. The number of allylic oxidation sites excluding steroid dienone is 1. The molecule has 2 N–H and O–H groups in total. The molecule has 1 aromatic carbocycles. The molecular weight excluding hydrogens is 153 g/mol. The van der Waals surface area contributed by atoms with E-state index in [9.17, 15) is 4.39 Å². The Hall–Kier alpha value is -1.75. The molecule has 0 unspecified atom stereocenters. The summed E-state index contributed by atoms with van der Waals surface area (Å²) in [7, 11) is 0. The lowest BCUT2D eigenvalue weighted by Gasteiger charge is -1.93. The van der Waals surface area contributed by atoms with Crippen molar-refractivity contribution in [1.29, 1.82) is 0 Å².